The summed E-state index contributed by atoms with van der Waals surface area (Å²) in [4.78, 5) is 0. The van der Waals surface area contributed by atoms with Gasteiger partial charge in [0.25, 0.3) is 0 Å². The Hall–Kier alpha value is -1.22. The molecule has 0 aromatic heterocycles. The van der Waals surface area contributed by atoms with Crippen LogP contribution in [0, 0.1) is 6.92 Å². The number of benzene rings is 1. The first kappa shape index (κ1) is 12.2. The van der Waals surface area contributed by atoms with Crippen LogP contribution in [0.25, 0.3) is 0 Å². The van der Waals surface area contributed by atoms with Crippen molar-refractivity contribution in [3.8, 4) is 11.5 Å². The van der Waals surface area contributed by atoms with Crippen molar-refractivity contribution >= 4 is 0 Å². The molecular formula is C14H21NO2. The van der Waals surface area contributed by atoms with E-state index in [1.54, 1.807) is 7.11 Å². The summed E-state index contributed by atoms with van der Waals surface area (Å²) in [5.74, 6) is 1.67. The van der Waals surface area contributed by atoms with Gasteiger partial charge in [-0.05, 0) is 57.5 Å². The van der Waals surface area contributed by atoms with Gasteiger partial charge in [0, 0.05) is 0 Å². The highest BCUT2D eigenvalue weighted by Gasteiger charge is 2.29. The summed E-state index contributed by atoms with van der Waals surface area (Å²) in [5, 5.41) is 3.35. The van der Waals surface area contributed by atoms with Crippen molar-refractivity contribution in [1.29, 1.82) is 0 Å². The zero-order valence-electron chi connectivity index (χ0n) is 10.9. The molecule has 1 aliphatic heterocycles. The Labute approximate surface area is 103 Å². The van der Waals surface area contributed by atoms with Gasteiger partial charge in [0.05, 0.1) is 7.11 Å². The van der Waals surface area contributed by atoms with E-state index < -0.39 is 0 Å². The lowest BCUT2D eigenvalue weighted by molar-refractivity contribution is 0.0526. The first-order chi connectivity index (χ1) is 8.13. The highest BCUT2D eigenvalue weighted by atomic mass is 16.5. The summed E-state index contributed by atoms with van der Waals surface area (Å²) < 4.78 is 11.5. The number of hydrogen-bond acceptors (Lipinski definition) is 3. The van der Waals surface area contributed by atoms with E-state index in [9.17, 15) is 0 Å². The van der Waals surface area contributed by atoms with Crippen LogP contribution in [-0.4, -0.2) is 25.8 Å². The number of piperidine rings is 1. The number of hydrogen-bond donors (Lipinski definition) is 1. The third-order valence-electron chi connectivity index (χ3n) is 3.34. The minimum Gasteiger partial charge on any atom is -0.493 e. The van der Waals surface area contributed by atoms with E-state index in [1.807, 2.05) is 18.2 Å². The average Bonchev–Trinajstić information content (AvgIpc) is 2.29. The van der Waals surface area contributed by atoms with Crippen molar-refractivity contribution in [3.05, 3.63) is 23.8 Å². The quantitative estimate of drug-likeness (QED) is 0.873. The van der Waals surface area contributed by atoms with Gasteiger partial charge in [-0.1, -0.05) is 6.07 Å². The zero-order chi connectivity index (χ0) is 12.3. The van der Waals surface area contributed by atoms with Gasteiger partial charge in [-0.15, -0.1) is 0 Å². The molecule has 0 unspecified atom stereocenters. The van der Waals surface area contributed by atoms with Gasteiger partial charge in [-0.2, -0.15) is 0 Å². The van der Waals surface area contributed by atoms with E-state index in [0.29, 0.717) is 0 Å². The van der Waals surface area contributed by atoms with Crippen molar-refractivity contribution in [2.45, 2.75) is 32.3 Å². The van der Waals surface area contributed by atoms with Crippen LogP contribution in [0.15, 0.2) is 18.2 Å². The van der Waals surface area contributed by atoms with Crippen molar-refractivity contribution in [2.24, 2.45) is 0 Å². The molecule has 3 heteroatoms. The Morgan fingerprint density at radius 3 is 2.53 bits per heavy atom. The second-order valence-corrected chi connectivity index (χ2v) is 4.96. The van der Waals surface area contributed by atoms with Crippen molar-refractivity contribution < 1.29 is 9.47 Å². The maximum Gasteiger partial charge on any atom is 0.162 e. The van der Waals surface area contributed by atoms with Crippen LogP contribution < -0.4 is 14.8 Å². The molecule has 1 saturated heterocycles. The first-order valence-electron chi connectivity index (χ1n) is 6.17. The zero-order valence-corrected chi connectivity index (χ0v) is 10.9. The third kappa shape index (κ3) is 2.91. The summed E-state index contributed by atoms with van der Waals surface area (Å²) in [6.45, 7) is 6.28. The number of aryl methyl sites for hydroxylation is 1. The molecule has 3 nitrogen and oxygen atoms in total. The van der Waals surface area contributed by atoms with E-state index in [1.165, 1.54) is 5.56 Å². The number of methoxy groups -OCH3 is 1. The normalized spacial score (nSPS) is 18.8. The molecule has 0 amide bonds. The van der Waals surface area contributed by atoms with E-state index in [-0.39, 0.29) is 5.60 Å². The van der Waals surface area contributed by atoms with Crippen molar-refractivity contribution in [1.82, 2.24) is 5.32 Å². The summed E-state index contributed by atoms with van der Waals surface area (Å²) in [7, 11) is 1.68. The van der Waals surface area contributed by atoms with Crippen LogP contribution in [0.2, 0.25) is 0 Å². The lowest BCUT2D eigenvalue weighted by atomic mass is 9.94. The van der Waals surface area contributed by atoms with E-state index in [4.69, 9.17) is 9.47 Å². The predicted octanol–water partition coefficient (Wildman–Crippen LogP) is 2.52. The maximum atomic E-state index is 6.18. The molecule has 1 aliphatic rings. The molecule has 0 spiro atoms. The van der Waals surface area contributed by atoms with Crippen LogP contribution >= 0.6 is 0 Å². The molecule has 1 heterocycles. The topological polar surface area (TPSA) is 30.5 Å². The second-order valence-electron chi connectivity index (χ2n) is 4.96. The fourth-order valence-corrected chi connectivity index (χ4v) is 2.19. The fraction of sp³-hybridized carbons (Fsp3) is 0.571. The highest BCUT2D eigenvalue weighted by molar-refractivity contribution is 5.43. The van der Waals surface area contributed by atoms with Gasteiger partial charge in [0.15, 0.2) is 11.5 Å². The smallest absolute Gasteiger partial charge is 0.162 e. The summed E-state index contributed by atoms with van der Waals surface area (Å²) in [5.41, 5.74) is 1.12. The van der Waals surface area contributed by atoms with Crippen LogP contribution in [0.5, 0.6) is 11.5 Å². The maximum absolute atomic E-state index is 6.18. The van der Waals surface area contributed by atoms with E-state index >= 15 is 0 Å². The third-order valence-corrected chi connectivity index (χ3v) is 3.34. The van der Waals surface area contributed by atoms with Gasteiger partial charge >= 0.3 is 0 Å². The lowest BCUT2D eigenvalue weighted by Crippen LogP contribution is -2.43. The molecule has 1 N–H and O–H groups in total. The molecule has 1 aromatic rings. The molecular weight excluding hydrogens is 214 g/mol. The van der Waals surface area contributed by atoms with E-state index in [0.717, 1.165) is 37.4 Å². The Bertz CT molecular complexity index is 384. The molecule has 1 aromatic carbocycles. The molecule has 94 valence electrons. The number of nitrogens with one attached hydrogen (secondary N) is 1. The van der Waals surface area contributed by atoms with Gasteiger partial charge in [-0.25, -0.2) is 0 Å². The fourth-order valence-electron chi connectivity index (χ4n) is 2.19. The van der Waals surface area contributed by atoms with Gasteiger partial charge < -0.3 is 14.8 Å². The van der Waals surface area contributed by atoms with Crippen molar-refractivity contribution in [2.75, 3.05) is 20.2 Å². The lowest BCUT2D eigenvalue weighted by Gasteiger charge is -2.35. The van der Waals surface area contributed by atoms with Crippen LogP contribution in [0.3, 0.4) is 0 Å². The summed E-state index contributed by atoms with van der Waals surface area (Å²) in [6, 6.07) is 6.05. The Morgan fingerprint density at radius 2 is 1.88 bits per heavy atom. The first-order valence-corrected chi connectivity index (χ1v) is 6.17. The average molecular weight is 235 g/mol. The molecule has 0 bridgehead atoms. The molecule has 0 radical (unpaired) electrons. The van der Waals surface area contributed by atoms with Crippen LogP contribution in [0.1, 0.15) is 25.3 Å². The van der Waals surface area contributed by atoms with Crippen molar-refractivity contribution in [3.63, 3.8) is 0 Å². The monoisotopic (exact) mass is 235 g/mol. The number of rotatable bonds is 3. The van der Waals surface area contributed by atoms with Gasteiger partial charge in [0.1, 0.15) is 5.60 Å². The van der Waals surface area contributed by atoms with Gasteiger partial charge in [0.2, 0.25) is 0 Å². The largest absolute Gasteiger partial charge is 0.493 e. The molecule has 17 heavy (non-hydrogen) atoms. The Morgan fingerprint density at radius 1 is 1.18 bits per heavy atom. The van der Waals surface area contributed by atoms with Gasteiger partial charge in [-0.3, -0.25) is 0 Å². The highest BCUT2D eigenvalue weighted by Crippen LogP contribution is 2.33. The minimum absolute atomic E-state index is 0.0771. The SMILES string of the molecule is COc1ccc(C)cc1OC1(C)CCNCC1. The Kier molecular flexibility index (Phi) is 3.57. The predicted molar refractivity (Wildman–Crippen MR) is 68.9 cm³/mol. The van der Waals surface area contributed by atoms with Crippen LogP contribution in [-0.2, 0) is 0 Å². The molecule has 1 fully saturated rings. The second kappa shape index (κ2) is 4.96. The standard InChI is InChI=1S/C14H21NO2/c1-11-4-5-12(16-3)13(10-11)17-14(2)6-8-15-9-7-14/h4-5,10,15H,6-9H2,1-3H3. The molecule has 2 rings (SSSR count). The molecule has 0 aliphatic carbocycles. The molecule has 0 saturated carbocycles. The molecule has 0 atom stereocenters. The minimum atomic E-state index is -0.0771. The number of ether oxygens (including phenoxy) is 2. The Balaban J connectivity index is 2.19. The van der Waals surface area contributed by atoms with E-state index in [2.05, 4.69) is 19.2 Å². The summed E-state index contributed by atoms with van der Waals surface area (Å²) >= 11 is 0. The van der Waals surface area contributed by atoms with Crippen LogP contribution in [0.4, 0.5) is 0 Å². The summed E-state index contributed by atoms with van der Waals surface area (Å²) in [6.07, 6.45) is 2.06.